The van der Waals surface area contributed by atoms with E-state index in [0.29, 0.717) is 13.0 Å². The van der Waals surface area contributed by atoms with Crippen molar-refractivity contribution in [2.75, 3.05) is 6.54 Å². The number of amides is 1. The predicted octanol–water partition coefficient (Wildman–Crippen LogP) is 2.47. The van der Waals surface area contributed by atoms with Crippen LogP contribution in [0, 0.1) is 5.82 Å². The Balaban J connectivity index is 1.42. The highest BCUT2D eigenvalue weighted by Gasteiger charge is 2.40. The van der Waals surface area contributed by atoms with Gasteiger partial charge in [-0.15, -0.1) is 0 Å². The molecular weight excluding hydrogens is 319 g/mol. The van der Waals surface area contributed by atoms with E-state index in [1.807, 2.05) is 30.3 Å². The van der Waals surface area contributed by atoms with Crippen LogP contribution < -0.4 is 5.43 Å². The van der Waals surface area contributed by atoms with E-state index in [0.717, 1.165) is 12.0 Å². The van der Waals surface area contributed by atoms with E-state index in [4.69, 9.17) is 0 Å². The van der Waals surface area contributed by atoms with Crippen LogP contribution in [0.15, 0.2) is 59.7 Å². The molecule has 1 amide bonds. The lowest BCUT2D eigenvalue weighted by atomic mass is 10.0. The molecule has 0 aromatic heterocycles. The van der Waals surface area contributed by atoms with Crippen LogP contribution in [0.3, 0.4) is 0 Å². The average Bonchev–Trinajstić information content (AvgIpc) is 3.08. The van der Waals surface area contributed by atoms with Gasteiger partial charge in [-0.05, 0) is 36.1 Å². The van der Waals surface area contributed by atoms with Gasteiger partial charge in [-0.25, -0.2) is 14.8 Å². The van der Waals surface area contributed by atoms with Crippen LogP contribution in [0.2, 0.25) is 0 Å². The van der Waals surface area contributed by atoms with Gasteiger partial charge in [-0.1, -0.05) is 42.5 Å². The molecule has 25 heavy (non-hydrogen) atoms. The summed E-state index contributed by atoms with van der Waals surface area (Å²) in [6, 6.07) is 16.1. The van der Waals surface area contributed by atoms with Gasteiger partial charge in [0.25, 0.3) is 5.91 Å². The summed E-state index contributed by atoms with van der Waals surface area (Å²) in [7, 11) is 0. The second kappa shape index (κ2) is 6.64. The van der Waals surface area contributed by atoms with Crippen molar-refractivity contribution >= 4 is 12.2 Å². The molecule has 2 atom stereocenters. The average molecular weight is 338 g/mol. The number of hydrogen-bond acceptors (Lipinski definition) is 4. The number of carbonyl (C=O) groups is 1. The molecule has 2 aliphatic heterocycles. The molecule has 1 N–H and O–H groups in total. The normalized spacial score (nSPS) is 22.4. The van der Waals surface area contributed by atoms with Crippen molar-refractivity contribution < 1.29 is 9.18 Å². The summed E-state index contributed by atoms with van der Waals surface area (Å²) in [5.74, 6) is -0.264. The Morgan fingerprint density at radius 2 is 1.88 bits per heavy atom. The Morgan fingerprint density at radius 1 is 1.12 bits per heavy atom. The number of nitrogens with one attached hydrogen (secondary N) is 1. The molecule has 5 nitrogen and oxygen atoms in total. The van der Waals surface area contributed by atoms with Gasteiger partial charge in [-0.3, -0.25) is 9.80 Å². The Bertz CT molecular complexity index is 778. The van der Waals surface area contributed by atoms with Gasteiger partial charge in [0.2, 0.25) is 0 Å². The second-order valence-electron chi connectivity index (χ2n) is 6.32. The van der Waals surface area contributed by atoms with Crippen molar-refractivity contribution in [3.63, 3.8) is 0 Å². The Morgan fingerprint density at radius 3 is 2.64 bits per heavy atom. The molecule has 2 aromatic rings. The number of hydrazine groups is 1. The summed E-state index contributed by atoms with van der Waals surface area (Å²) < 4.78 is 13.1. The zero-order chi connectivity index (χ0) is 17.2. The number of fused-ring (bicyclic) bond motifs is 1. The Kier molecular flexibility index (Phi) is 4.19. The van der Waals surface area contributed by atoms with Crippen molar-refractivity contribution in [3.8, 4) is 0 Å². The zero-order valence-corrected chi connectivity index (χ0v) is 13.7. The lowest BCUT2D eigenvalue weighted by Crippen LogP contribution is -2.50. The van der Waals surface area contributed by atoms with Gasteiger partial charge in [0.15, 0.2) is 0 Å². The lowest BCUT2D eigenvalue weighted by Gasteiger charge is -2.30. The molecule has 1 fully saturated rings. The molecule has 2 unspecified atom stereocenters. The lowest BCUT2D eigenvalue weighted by molar-refractivity contribution is -0.136. The number of rotatable bonds is 4. The first-order chi connectivity index (χ1) is 12.2. The van der Waals surface area contributed by atoms with Crippen LogP contribution in [0.5, 0.6) is 0 Å². The summed E-state index contributed by atoms with van der Waals surface area (Å²) in [5, 5.41) is 7.58. The Hall–Kier alpha value is -2.73. The molecule has 6 heteroatoms. The SMILES string of the molecule is O=C1C2CC(c3ccc(F)cc3)NN2C=NN1CCc1ccccc1. The van der Waals surface area contributed by atoms with Gasteiger partial charge in [0, 0.05) is 6.54 Å². The summed E-state index contributed by atoms with van der Waals surface area (Å²) in [6.45, 7) is 0.560. The highest BCUT2D eigenvalue weighted by molar-refractivity contribution is 5.87. The number of benzene rings is 2. The maximum Gasteiger partial charge on any atom is 0.267 e. The maximum absolute atomic E-state index is 13.1. The van der Waals surface area contributed by atoms with E-state index in [1.165, 1.54) is 17.7 Å². The molecule has 0 aliphatic carbocycles. The monoisotopic (exact) mass is 338 g/mol. The molecule has 4 rings (SSSR count). The van der Waals surface area contributed by atoms with E-state index in [1.54, 1.807) is 28.5 Å². The smallest absolute Gasteiger partial charge is 0.267 e. The first kappa shape index (κ1) is 15.8. The fourth-order valence-electron chi connectivity index (χ4n) is 3.29. The fourth-order valence-corrected chi connectivity index (χ4v) is 3.29. The summed E-state index contributed by atoms with van der Waals surface area (Å²) in [5.41, 5.74) is 5.42. The summed E-state index contributed by atoms with van der Waals surface area (Å²) in [6.07, 6.45) is 3.07. The summed E-state index contributed by atoms with van der Waals surface area (Å²) >= 11 is 0. The van der Waals surface area contributed by atoms with E-state index in [-0.39, 0.29) is 23.8 Å². The van der Waals surface area contributed by atoms with E-state index in [9.17, 15) is 9.18 Å². The van der Waals surface area contributed by atoms with Gasteiger partial charge in [-0.2, -0.15) is 5.10 Å². The Labute approximate surface area is 145 Å². The molecule has 0 radical (unpaired) electrons. The quantitative estimate of drug-likeness (QED) is 0.932. The summed E-state index contributed by atoms with van der Waals surface area (Å²) in [4.78, 5) is 12.7. The third-order valence-electron chi connectivity index (χ3n) is 4.68. The molecule has 0 spiro atoms. The minimum atomic E-state index is -0.275. The highest BCUT2D eigenvalue weighted by atomic mass is 19.1. The minimum Gasteiger partial charge on any atom is -0.283 e. The largest absolute Gasteiger partial charge is 0.283 e. The molecule has 128 valence electrons. The third kappa shape index (κ3) is 3.25. The van der Waals surface area contributed by atoms with E-state index in [2.05, 4.69) is 10.5 Å². The number of hydrazone groups is 1. The number of halogens is 1. The van der Waals surface area contributed by atoms with E-state index < -0.39 is 0 Å². The first-order valence-corrected chi connectivity index (χ1v) is 8.40. The van der Waals surface area contributed by atoms with Crippen LogP contribution in [0.4, 0.5) is 4.39 Å². The maximum atomic E-state index is 13.1. The first-order valence-electron chi connectivity index (χ1n) is 8.40. The number of hydrogen-bond donors (Lipinski definition) is 1. The minimum absolute atomic E-state index is 0.00413. The van der Waals surface area contributed by atoms with Crippen molar-refractivity contribution in [1.82, 2.24) is 15.4 Å². The highest BCUT2D eigenvalue weighted by Crippen LogP contribution is 2.29. The van der Waals surface area contributed by atoms with Crippen molar-refractivity contribution in [2.45, 2.75) is 24.9 Å². The topological polar surface area (TPSA) is 47.9 Å². The van der Waals surface area contributed by atoms with Gasteiger partial charge in [0.1, 0.15) is 18.2 Å². The van der Waals surface area contributed by atoms with Gasteiger partial charge < -0.3 is 0 Å². The second-order valence-corrected chi connectivity index (χ2v) is 6.32. The van der Waals surface area contributed by atoms with Crippen molar-refractivity contribution in [2.24, 2.45) is 5.10 Å². The van der Waals surface area contributed by atoms with E-state index >= 15 is 0 Å². The zero-order valence-electron chi connectivity index (χ0n) is 13.7. The van der Waals surface area contributed by atoms with Crippen LogP contribution in [-0.4, -0.2) is 34.9 Å². The molecule has 1 saturated heterocycles. The molecule has 2 aromatic carbocycles. The van der Waals surface area contributed by atoms with Crippen LogP contribution in [0.1, 0.15) is 23.6 Å². The molecule has 0 bridgehead atoms. The standard InChI is InChI=1S/C19H19FN4O/c20-16-8-6-15(7-9-16)17-12-18-19(25)23(21-13-24(18)22-17)11-10-14-4-2-1-3-5-14/h1-9,13,17-18,22H,10-12H2. The number of carbonyl (C=O) groups excluding carboxylic acids is 1. The van der Waals surface area contributed by atoms with Gasteiger partial charge in [0.05, 0.1) is 6.04 Å². The molecule has 0 saturated carbocycles. The third-order valence-corrected chi connectivity index (χ3v) is 4.68. The molecular formula is C19H19FN4O. The van der Waals surface area contributed by atoms with Crippen LogP contribution >= 0.6 is 0 Å². The van der Waals surface area contributed by atoms with Crippen molar-refractivity contribution in [3.05, 3.63) is 71.5 Å². The number of nitrogens with zero attached hydrogens (tertiary/aromatic N) is 3. The predicted molar refractivity (Wildman–Crippen MR) is 92.9 cm³/mol. The fraction of sp³-hybridized carbons (Fsp3) is 0.263. The van der Waals surface area contributed by atoms with Crippen molar-refractivity contribution in [1.29, 1.82) is 0 Å². The van der Waals surface area contributed by atoms with Gasteiger partial charge >= 0.3 is 0 Å². The molecule has 2 heterocycles. The van der Waals surface area contributed by atoms with Crippen LogP contribution in [0.25, 0.3) is 0 Å². The molecule has 2 aliphatic rings. The van der Waals surface area contributed by atoms with Crippen LogP contribution in [-0.2, 0) is 11.2 Å².